The van der Waals surface area contributed by atoms with Crippen LogP contribution in [0.25, 0.3) is 0 Å². The summed E-state index contributed by atoms with van der Waals surface area (Å²) in [5.41, 5.74) is 0.966. The molecule has 0 aliphatic carbocycles. The van der Waals surface area contributed by atoms with Gasteiger partial charge in [0.05, 0.1) is 7.11 Å². The van der Waals surface area contributed by atoms with E-state index >= 15 is 0 Å². The van der Waals surface area contributed by atoms with Gasteiger partial charge >= 0.3 is 0 Å². The number of nitrogens with zero attached hydrogens (tertiary/aromatic N) is 1. The molecule has 2 rings (SSSR count). The van der Waals surface area contributed by atoms with Crippen LogP contribution in [0, 0.1) is 0 Å². The van der Waals surface area contributed by atoms with Crippen LogP contribution >= 0.6 is 11.8 Å². The van der Waals surface area contributed by atoms with E-state index in [1.54, 1.807) is 30.7 Å². The molecular formula is C24H32N2O3S. The van der Waals surface area contributed by atoms with Gasteiger partial charge in [-0.15, -0.1) is 11.8 Å². The van der Waals surface area contributed by atoms with Crippen molar-refractivity contribution in [1.82, 2.24) is 10.2 Å². The van der Waals surface area contributed by atoms with E-state index in [0.717, 1.165) is 29.1 Å². The molecule has 1 N–H and O–H groups in total. The van der Waals surface area contributed by atoms with Gasteiger partial charge < -0.3 is 15.0 Å². The topological polar surface area (TPSA) is 58.6 Å². The van der Waals surface area contributed by atoms with E-state index in [4.69, 9.17) is 4.74 Å². The number of unbranched alkanes of at least 4 members (excludes halogenated alkanes) is 1. The van der Waals surface area contributed by atoms with Crippen molar-refractivity contribution >= 4 is 23.6 Å². The Morgan fingerprint density at radius 2 is 1.80 bits per heavy atom. The van der Waals surface area contributed by atoms with Gasteiger partial charge in [-0.05, 0) is 43.2 Å². The molecule has 2 amide bonds. The van der Waals surface area contributed by atoms with Crippen molar-refractivity contribution in [2.24, 2.45) is 0 Å². The van der Waals surface area contributed by atoms with Crippen molar-refractivity contribution in [2.75, 3.05) is 19.4 Å². The quantitative estimate of drug-likeness (QED) is 0.399. The van der Waals surface area contributed by atoms with Crippen LogP contribution in [-0.2, 0) is 16.1 Å². The first-order valence-electron chi connectivity index (χ1n) is 10.4. The standard InChI is InChI=1S/C24H32N2O3S/c1-4-5-16-25-24(28)19(2)26(18-20-11-13-21(29-3)14-12-20)23(27)15-17-30-22-9-7-6-8-10-22/h6-14,19H,4-5,15-18H2,1-3H3,(H,25,28)/t19-/m1/s1. The molecule has 0 saturated heterocycles. The van der Waals surface area contributed by atoms with Gasteiger partial charge in [-0.1, -0.05) is 43.7 Å². The lowest BCUT2D eigenvalue weighted by atomic mass is 10.1. The molecule has 162 valence electrons. The van der Waals surface area contributed by atoms with Gasteiger partial charge in [0.2, 0.25) is 11.8 Å². The average Bonchev–Trinajstić information content (AvgIpc) is 2.78. The lowest BCUT2D eigenvalue weighted by Crippen LogP contribution is -2.47. The molecule has 30 heavy (non-hydrogen) atoms. The first-order valence-corrected chi connectivity index (χ1v) is 11.4. The molecule has 0 unspecified atom stereocenters. The second-order valence-corrected chi connectivity index (χ2v) is 8.27. The smallest absolute Gasteiger partial charge is 0.242 e. The Kier molecular flexibility index (Phi) is 10.3. The molecule has 0 heterocycles. The SMILES string of the molecule is CCCCNC(=O)[C@@H](C)N(Cc1ccc(OC)cc1)C(=O)CCSc1ccccc1. The second-order valence-electron chi connectivity index (χ2n) is 7.10. The zero-order valence-electron chi connectivity index (χ0n) is 18.1. The number of rotatable bonds is 12. The van der Waals surface area contributed by atoms with Gasteiger partial charge in [0.15, 0.2) is 0 Å². The van der Waals surface area contributed by atoms with E-state index < -0.39 is 6.04 Å². The average molecular weight is 429 g/mol. The summed E-state index contributed by atoms with van der Waals surface area (Å²) in [6.07, 6.45) is 2.32. The summed E-state index contributed by atoms with van der Waals surface area (Å²) < 4.78 is 5.21. The molecular weight excluding hydrogens is 396 g/mol. The van der Waals surface area contributed by atoms with Crippen molar-refractivity contribution in [3.8, 4) is 5.75 Å². The van der Waals surface area contributed by atoms with Gasteiger partial charge in [0.1, 0.15) is 11.8 Å². The minimum Gasteiger partial charge on any atom is -0.497 e. The third-order valence-corrected chi connectivity index (χ3v) is 5.85. The predicted molar refractivity (Wildman–Crippen MR) is 123 cm³/mol. The highest BCUT2D eigenvalue weighted by atomic mass is 32.2. The van der Waals surface area contributed by atoms with Gasteiger partial charge in [0, 0.05) is 30.2 Å². The Labute approximate surface area is 184 Å². The highest BCUT2D eigenvalue weighted by Gasteiger charge is 2.25. The third kappa shape index (κ3) is 7.75. The first-order chi connectivity index (χ1) is 14.5. The third-order valence-electron chi connectivity index (χ3n) is 4.84. The zero-order chi connectivity index (χ0) is 21.8. The van der Waals surface area contributed by atoms with E-state index in [9.17, 15) is 9.59 Å². The van der Waals surface area contributed by atoms with Crippen molar-refractivity contribution in [3.05, 3.63) is 60.2 Å². The molecule has 2 aromatic carbocycles. The number of carbonyl (C=O) groups is 2. The van der Waals surface area contributed by atoms with Crippen molar-refractivity contribution in [1.29, 1.82) is 0 Å². The molecule has 0 fully saturated rings. The van der Waals surface area contributed by atoms with E-state index in [1.165, 1.54) is 0 Å². The van der Waals surface area contributed by atoms with Gasteiger partial charge in [0.25, 0.3) is 0 Å². The Hall–Kier alpha value is -2.47. The summed E-state index contributed by atoms with van der Waals surface area (Å²) in [5, 5.41) is 2.95. The van der Waals surface area contributed by atoms with Crippen LogP contribution in [0.15, 0.2) is 59.5 Å². The van der Waals surface area contributed by atoms with Gasteiger partial charge in [-0.25, -0.2) is 0 Å². The highest BCUT2D eigenvalue weighted by Crippen LogP contribution is 2.20. The Bertz CT molecular complexity index is 781. The van der Waals surface area contributed by atoms with Crippen LogP contribution in [0.5, 0.6) is 5.75 Å². The van der Waals surface area contributed by atoms with E-state index in [2.05, 4.69) is 12.2 Å². The van der Waals surface area contributed by atoms with Crippen LogP contribution in [0.2, 0.25) is 0 Å². The maximum Gasteiger partial charge on any atom is 0.242 e. The van der Waals surface area contributed by atoms with Crippen LogP contribution in [-0.4, -0.2) is 42.2 Å². The fourth-order valence-electron chi connectivity index (χ4n) is 2.96. The molecule has 0 aromatic heterocycles. The number of methoxy groups -OCH3 is 1. The summed E-state index contributed by atoms with van der Waals surface area (Å²) >= 11 is 1.65. The number of thioether (sulfide) groups is 1. The number of hydrogen-bond donors (Lipinski definition) is 1. The maximum atomic E-state index is 13.0. The van der Waals surface area contributed by atoms with Crippen LogP contribution in [0.1, 0.15) is 38.7 Å². The first kappa shape index (κ1) is 23.8. The molecule has 0 spiro atoms. The monoisotopic (exact) mass is 428 g/mol. The molecule has 2 aromatic rings. The van der Waals surface area contributed by atoms with Crippen LogP contribution in [0.3, 0.4) is 0 Å². The van der Waals surface area contributed by atoms with Crippen LogP contribution in [0.4, 0.5) is 0 Å². The van der Waals surface area contributed by atoms with E-state index in [1.807, 2.05) is 54.6 Å². The second kappa shape index (κ2) is 13.0. The normalized spacial score (nSPS) is 11.6. The van der Waals surface area contributed by atoms with Crippen LogP contribution < -0.4 is 10.1 Å². The fraction of sp³-hybridized carbons (Fsp3) is 0.417. The van der Waals surface area contributed by atoms with Crippen molar-refractivity contribution in [3.63, 3.8) is 0 Å². The van der Waals surface area contributed by atoms with E-state index in [-0.39, 0.29) is 11.8 Å². The molecule has 0 bridgehead atoms. The van der Waals surface area contributed by atoms with Crippen molar-refractivity contribution < 1.29 is 14.3 Å². The Morgan fingerprint density at radius 3 is 2.43 bits per heavy atom. The number of carbonyl (C=O) groups excluding carboxylic acids is 2. The molecule has 0 aliphatic heterocycles. The summed E-state index contributed by atoms with van der Waals surface area (Å²) in [6, 6.07) is 17.1. The number of ether oxygens (including phenoxy) is 1. The summed E-state index contributed by atoms with van der Waals surface area (Å²) in [4.78, 5) is 28.5. The summed E-state index contributed by atoms with van der Waals surface area (Å²) in [7, 11) is 1.62. The molecule has 0 radical (unpaired) electrons. The number of amides is 2. The van der Waals surface area contributed by atoms with Crippen molar-refractivity contribution in [2.45, 2.75) is 50.6 Å². The largest absolute Gasteiger partial charge is 0.497 e. The van der Waals surface area contributed by atoms with E-state index in [0.29, 0.717) is 25.3 Å². The molecule has 6 heteroatoms. The van der Waals surface area contributed by atoms with Gasteiger partial charge in [-0.2, -0.15) is 0 Å². The molecule has 1 atom stereocenters. The predicted octanol–water partition coefficient (Wildman–Crippen LogP) is 4.51. The zero-order valence-corrected chi connectivity index (χ0v) is 18.9. The fourth-order valence-corrected chi connectivity index (χ4v) is 3.82. The molecule has 0 saturated carbocycles. The lowest BCUT2D eigenvalue weighted by Gasteiger charge is -2.29. The number of nitrogens with one attached hydrogen (secondary N) is 1. The molecule has 5 nitrogen and oxygen atoms in total. The molecule has 0 aliphatic rings. The minimum absolute atomic E-state index is 0.0209. The summed E-state index contributed by atoms with van der Waals surface area (Å²) in [6.45, 7) is 4.90. The Balaban J connectivity index is 2.03. The summed E-state index contributed by atoms with van der Waals surface area (Å²) in [5.74, 6) is 1.31. The van der Waals surface area contributed by atoms with Gasteiger partial charge in [-0.3, -0.25) is 9.59 Å². The number of benzene rings is 2. The number of hydrogen-bond acceptors (Lipinski definition) is 4. The Morgan fingerprint density at radius 1 is 1.10 bits per heavy atom. The highest BCUT2D eigenvalue weighted by molar-refractivity contribution is 7.99. The maximum absolute atomic E-state index is 13.0. The lowest BCUT2D eigenvalue weighted by molar-refractivity contribution is -0.140. The minimum atomic E-state index is -0.529.